The van der Waals surface area contributed by atoms with Crippen molar-refractivity contribution in [1.82, 2.24) is 5.32 Å². The molecule has 3 heteroatoms. The molecule has 0 fully saturated rings. The molecule has 2 N–H and O–H groups in total. The fourth-order valence-electron chi connectivity index (χ4n) is 2.00. The van der Waals surface area contributed by atoms with Crippen LogP contribution in [0.25, 0.3) is 0 Å². The SMILES string of the molecule is CC(C)(CCNCCc1ccccc1)CCC(=O)O. The van der Waals surface area contributed by atoms with Gasteiger partial charge >= 0.3 is 5.97 Å². The van der Waals surface area contributed by atoms with Crippen molar-refractivity contribution in [1.29, 1.82) is 0 Å². The van der Waals surface area contributed by atoms with Crippen LogP contribution in [-0.4, -0.2) is 24.2 Å². The van der Waals surface area contributed by atoms with Crippen LogP contribution in [0.4, 0.5) is 0 Å². The van der Waals surface area contributed by atoms with Gasteiger partial charge in [0.15, 0.2) is 0 Å². The number of carboxylic acid groups (broad SMARTS) is 1. The quantitative estimate of drug-likeness (QED) is 0.673. The molecule has 0 aromatic heterocycles. The lowest BCUT2D eigenvalue weighted by Crippen LogP contribution is -2.24. The summed E-state index contributed by atoms with van der Waals surface area (Å²) in [6, 6.07) is 10.4. The zero-order chi connectivity index (χ0) is 14.1. The molecule has 1 aromatic rings. The van der Waals surface area contributed by atoms with Crippen molar-refractivity contribution in [2.24, 2.45) is 5.41 Å². The Bertz CT molecular complexity index is 374. The number of carbonyl (C=O) groups is 1. The summed E-state index contributed by atoms with van der Waals surface area (Å²) >= 11 is 0. The largest absolute Gasteiger partial charge is 0.481 e. The van der Waals surface area contributed by atoms with Crippen LogP contribution >= 0.6 is 0 Å². The number of hydrogen-bond acceptors (Lipinski definition) is 2. The molecule has 0 radical (unpaired) electrons. The predicted octanol–water partition coefficient (Wildman–Crippen LogP) is 3.10. The van der Waals surface area contributed by atoms with Crippen LogP contribution in [0.15, 0.2) is 30.3 Å². The second-order valence-corrected chi connectivity index (χ2v) is 5.79. The smallest absolute Gasteiger partial charge is 0.303 e. The summed E-state index contributed by atoms with van der Waals surface area (Å²) in [6.45, 7) is 6.18. The van der Waals surface area contributed by atoms with E-state index in [4.69, 9.17) is 5.11 Å². The van der Waals surface area contributed by atoms with E-state index in [1.54, 1.807) is 0 Å². The molecule has 0 atom stereocenters. The minimum atomic E-state index is -0.704. The maximum Gasteiger partial charge on any atom is 0.303 e. The molecule has 0 saturated heterocycles. The van der Waals surface area contributed by atoms with Gasteiger partial charge in [0, 0.05) is 6.42 Å². The lowest BCUT2D eigenvalue weighted by Gasteiger charge is -2.23. The summed E-state index contributed by atoms with van der Waals surface area (Å²) in [7, 11) is 0. The highest BCUT2D eigenvalue weighted by molar-refractivity contribution is 5.66. The Morgan fingerprint density at radius 3 is 2.47 bits per heavy atom. The summed E-state index contributed by atoms with van der Waals surface area (Å²) in [4.78, 5) is 10.6. The third kappa shape index (κ3) is 7.62. The van der Waals surface area contributed by atoms with Gasteiger partial charge in [-0.2, -0.15) is 0 Å². The van der Waals surface area contributed by atoms with E-state index in [0.29, 0.717) is 0 Å². The molecule has 0 amide bonds. The fraction of sp³-hybridized carbons (Fsp3) is 0.562. The number of aliphatic carboxylic acids is 1. The van der Waals surface area contributed by atoms with Gasteiger partial charge in [-0.1, -0.05) is 44.2 Å². The molecule has 1 rings (SSSR count). The van der Waals surface area contributed by atoms with Gasteiger partial charge in [-0.25, -0.2) is 0 Å². The van der Waals surface area contributed by atoms with E-state index in [1.165, 1.54) is 5.56 Å². The first-order valence-electron chi connectivity index (χ1n) is 6.96. The Hall–Kier alpha value is -1.35. The van der Waals surface area contributed by atoms with Crippen LogP contribution in [0.3, 0.4) is 0 Å². The first-order valence-corrected chi connectivity index (χ1v) is 6.96. The molecule has 0 bridgehead atoms. The maximum atomic E-state index is 10.6. The van der Waals surface area contributed by atoms with Gasteiger partial charge in [0.05, 0.1) is 0 Å². The van der Waals surface area contributed by atoms with Crippen LogP contribution < -0.4 is 5.32 Å². The topological polar surface area (TPSA) is 49.3 Å². The van der Waals surface area contributed by atoms with Gasteiger partial charge in [-0.05, 0) is 43.3 Å². The molecule has 0 spiro atoms. The van der Waals surface area contributed by atoms with Crippen molar-refractivity contribution in [2.75, 3.05) is 13.1 Å². The van der Waals surface area contributed by atoms with E-state index in [2.05, 4.69) is 43.4 Å². The Morgan fingerprint density at radius 1 is 1.16 bits per heavy atom. The summed E-state index contributed by atoms with van der Waals surface area (Å²) in [6.07, 6.45) is 3.05. The lowest BCUT2D eigenvalue weighted by atomic mass is 9.84. The predicted molar refractivity (Wildman–Crippen MR) is 78.3 cm³/mol. The van der Waals surface area contributed by atoms with E-state index in [0.717, 1.165) is 32.4 Å². The molecule has 0 heterocycles. The van der Waals surface area contributed by atoms with E-state index in [9.17, 15) is 4.79 Å². The normalized spacial score (nSPS) is 11.5. The third-order valence-electron chi connectivity index (χ3n) is 3.43. The van der Waals surface area contributed by atoms with Gasteiger partial charge in [0.2, 0.25) is 0 Å². The number of hydrogen-bond donors (Lipinski definition) is 2. The second-order valence-electron chi connectivity index (χ2n) is 5.79. The van der Waals surface area contributed by atoms with Gasteiger partial charge in [0.25, 0.3) is 0 Å². The second kappa shape index (κ2) is 7.95. The van der Waals surface area contributed by atoms with Crippen LogP contribution in [0, 0.1) is 5.41 Å². The van der Waals surface area contributed by atoms with Crippen LogP contribution in [0.1, 0.15) is 38.7 Å². The zero-order valence-electron chi connectivity index (χ0n) is 12.0. The molecule has 0 aliphatic heterocycles. The van der Waals surface area contributed by atoms with Crippen molar-refractivity contribution < 1.29 is 9.90 Å². The standard InChI is InChI=1S/C16H25NO2/c1-16(2,10-8-15(18)19)11-13-17-12-9-14-6-4-3-5-7-14/h3-7,17H,8-13H2,1-2H3,(H,18,19). The number of carboxylic acids is 1. The number of nitrogens with one attached hydrogen (secondary N) is 1. The van der Waals surface area contributed by atoms with Crippen molar-refractivity contribution in [3.63, 3.8) is 0 Å². The minimum absolute atomic E-state index is 0.0954. The van der Waals surface area contributed by atoms with Gasteiger partial charge in [0.1, 0.15) is 0 Å². The van der Waals surface area contributed by atoms with Crippen LogP contribution in [0.5, 0.6) is 0 Å². The number of benzene rings is 1. The summed E-state index contributed by atoms with van der Waals surface area (Å²) < 4.78 is 0. The van der Waals surface area contributed by atoms with Crippen molar-refractivity contribution >= 4 is 5.97 Å². The van der Waals surface area contributed by atoms with E-state index < -0.39 is 5.97 Å². The van der Waals surface area contributed by atoms with Crippen molar-refractivity contribution in [2.45, 2.75) is 39.5 Å². The Balaban J connectivity index is 2.11. The summed E-state index contributed by atoms with van der Waals surface area (Å²) in [5.74, 6) is -0.704. The first-order chi connectivity index (χ1) is 8.99. The molecular weight excluding hydrogens is 238 g/mol. The van der Waals surface area contributed by atoms with Gasteiger partial charge < -0.3 is 10.4 Å². The average Bonchev–Trinajstić information content (AvgIpc) is 2.37. The Morgan fingerprint density at radius 2 is 1.84 bits per heavy atom. The van der Waals surface area contributed by atoms with E-state index in [-0.39, 0.29) is 11.8 Å². The highest BCUT2D eigenvalue weighted by atomic mass is 16.4. The molecule has 0 aliphatic rings. The summed E-state index contributed by atoms with van der Waals surface area (Å²) in [5.41, 5.74) is 1.44. The molecular formula is C16H25NO2. The highest BCUT2D eigenvalue weighted by Gasteiger charge is 2.18. The van der Waals surface area contributed by atoms with Crippen molar-refractivity contribution in [3.05, 3.63) is 35.9 Å². The molecule has 0 saturated carbocycles. The first kappa shape index (κ1) is 15.7. The molecule has 0 aliphatic carbocycles. The third-order valence-corrected chi connectivity index (χ3v) is 3.43. The van der Waals surface area contributed by atoms with Crippen LogP contribution in [-0.2, 0) is 11.2 Å². The average molecular weight is 263 g/mol. The molecule has 106 valence electrons. The molecule has 19 heavy (non-hydrogen) atoms. The van der Waals surface area contributed by atoms with Crippen LogP contribution in [0.2, 0.25) is 0 Å². The van der Waals surface area contributed by atoms with Gasteiger partial charge in [-0.15, -0.1) is 0 Å². The Kier molecular flexibility index (Phi) is 6.57. The monoisotopic (exact) mass is 263 g/mol. The maximum absolute atomic E-state index is 10.6. The van der Waals surface area contributed by atoms with E-state index in [1.807, 2.05) is 6.07 Å². The zero-order valence-corrected chi connectivity index (χ0v) is 12.0. The highest BCUT2D eigenvalue weighted by Crippen LogP contribution is 2.25. The minimum Gasteiger partial charge on any atom is -0.481 e. The molecule has 3 nitrogen and oxygen atoms in total. The van der Waals surface area contributed by atoms with E-state index >= 15 is 0 Å². The fourth-order valence-corrected chi connectivity index (χ4v) is 2.00. The van der Waals surface area contributed by atoms with Gasteiger partial charge in [-0.3, -0.25) is 4.79 Å². The Labute approximate surface area is 116 Å². The molecule has 0 unspecified atom stereocenters. The molecule has 1 aromatic carbocycles. The lowest BCUT2D eigenvalue weighted by molar-refractivity contribution is -0.137. The number of rotatable bonds is 9. The van der Waals surface area contributed by atoms with Crippen molar-refractivity contribution in [3.8, 4) is 0 Å². The summed E-state index contributed by atoms with van der Waals surface area (Å²) in [5, 5.41) is 12.1.